The van der Waals surface area contributed by atoms with E-state index in [1.807, 2.05) is 0 Å². The lowest BCUT2D eigenvalue weighted by atomic mass is 10.2. The zero-order chi connectivity index (χ0) is 15.2. The number of para-hydroxylation sites is 1. The second-order valence-electron chi connectivity index (χ2n) is 4.11. The number of halogens is 1. The Balaban J connectivity index is 2.05. The number of nitrogens with one attached hydrogen (secondary N) is 1. The highest BCUT2D eigenvalue weighted by Gasteiger charge is 2.07. The van der Waals surface area contributed by atoms with Crippen molar-refractivity contribution in [2.75, 3.05) is 7.11 Å². The van der Waals surface area contributed by atoms with Crippen LogP contribution in [0.4, 0.5) is 0 Å². The van der Waals surface area contributed by atoms with Crippen LogP contribution in [0.15, 0.2) is 47.6 Å². The molecule has 21 heavy (non-hydrogen) atoms. The van der Waals surface area contributed by atoms with Gasteiger partial charge in [0.15, 0.2) is 0 Å². The fourth-order valence-corrected chi connectivity index (χ4v) is 2.36. The van der Waals surface area contributed by atoms with E-state index in [0.29, 0.717) is 16.9 Å². The lowest BCUT2D eigenvalue weighted by molar-refractivity contribution is 0.0955. The summed E-state index contributed by atoms with van der Waals surface area (Å²) in [5.41, 5.74) is 3.43. The zero-order valence-electron chi connectivity index (χ0n) is 11.2. The van der Waals surface area contributed by atoms with Crippen molar-refractivity contribution >= 4 is 34.7 Å². The highest BCUT2D eigenvalue weighted by molar-refractivity contribution is 14.1. The average molecular weight is 396 g/mol. The fraction of sp³-hybridized carbons (Fsp3) is 0.0667. The number of ether oxygens (including phenoxy) is 1. The molecule has 0 saturated heterocycles. The highest BCUT2D eigenvalue weighted by Crippen LogP contribution is 2.21. The number of hydrogen-bond acceptors (Lipinski definition) is 4. The average Bonchev–Trinajstić information content (AvgIpc) is 2.49. The minimum absolute atomic E-state index is 0.106. The van der Waals surface area contributed by atoms with E-state index in [1.54, 1.807) is 49.6 Å². The Morgan fingerprint density at radius 1 is 1.33 bits per heavy atom. The molecule has 0 aliphatic heterocycles. The first kappa shape index (κ1) is 15.3. The number of phenolic OH excluding ortho intramolecular Hbond substituents is 1. The van der Waals surface area contributed by atoms with Gasteiger partial charge in [0.25, 0.3) is 5.91 Å². The summed E-state index contributed by atoms with van der Waals surface area (Å²) in [6, 6.07) is 11.8. The van der Waals surface area contributed by atoms with Crippen molar-refractivity contribution < 1.29 is 14.6 Å². The number of rotatable bonds is 4. The van der Waals surface area contributed by atoms with Gasteiger partial charge in [0.1, 0.15) is 11.5 Å². The summed E-state index contributed by atoms with van der Waals surface area (Å²) in [4.78, 5) is 11.9. The number of amides is 1. The molecule has 0 bridgehead atoms. The molecule has 108 valence electrons. The maximum absolute atomic E-state index is 11.9. The first-order valence-corrected chi connectivity index (χ1v) is 7.14. The van der Waals surface area contributed by atoms with Crippen LogP contribution in [0.1, 0.15) is 15.9 Å². The molecule has 5 nitrogen and oxygen atoms in total. The number of hydrazone groups is 1. The van der Waals surface area contributed by atoms with Crippen molar-refractivity contribution in [1.29, 1.82) is 0 Å². The minimum atomic E-state index is -0.331. The van der Waals surface area contributed by atoms with Gasteiger partial charge >= 0.3 is 0 Å². The van der Waals surface area contributed by atoms with Crippen LogP contribution in [-0.4, -0.2) is 24.3 Å². The molecule has 0 fully saturated rings. The molecule has 0 aromatic heterocycles. The Bertz CT molecular complexity index is 686. The van der Waals surface area contributed by atoms with Crippen LogP contribution >= 0.6 is 22.6 Å². The Morgan fingerprint density at radius 2 is 2.10 bits per heavy atom. The summed E-state index contributed by atoms with van der Waals surface area (Å²) in [6.45, 7) is 0. The highest BCUT2D eigenvalue weighted by atomic mass is 127. The summed E-state index contributed by atoms with van der Waals surface area (Å²) in [6.07, 6.45) is 1.39. The van der Waals surface area contributed by atoms with Crippen LogP contribution in [0.25, 0.3) is 0 Å². The van der Waals surface area contributed by atoms with Gasteiger partial charge in [-0.1, -0.05) is 12.1 Å². The lowest BCUT2D eigenvalue weighted by Gasteiger charge is -2.05. The topological polar surface area (TPSA) is 70.9 Å². The van der Waals surface area contributed by atoms with Gasteiger partial charge in [-0.05, 0) is 52.9 Å². The molecule has 0 radical (unpaired) electrons. The minimum Gasteiger partial charge on any atom is -0.507 e. The fourth-order valence-electron chi connectivity index (χ4n) is 1.63. The monoisotopic (exact) mass is 396 g/mol. The molecule has 1 amide bonds. The molecule has 0 aliphatic rings. The van der Waals surface area contributed by atoms with Crippen molar-refractivity contribution in [1.82, 2.24) is 5.43 Å². The lowest BCUT2D eigenvalue weighted by Crippen LogP contribution is -2.17. The molecule has 2 rings (SSSR count). The third-order valence-electron chi connectivity index (χ3n) is 2.72. The first-order valence-electron chi connectivity index (χ1n) is 6.06. The summed E-state index contributed by atoms with van der Waals surface area (Å²) >= 11 is 2.09. The van der Waals surface area contributed by atoms with Gasteiger partial charge in [-0.3, -0.25) is 4.79 Å². The maximum atomic E-state index is 11.9. The van der Waals surface area contributed by atoms with Gasteiger partial charge in [-0.2, -0.15) is 5.10 Å². The van der Waals surface area contributed by atoms with E-state index in [0.717, 1.165) is 3.57 Å². The number of methoxy groups -OCH3 is 1. The Kier molecular flexibility index (Phi) is 5.15. The predicted molar refractivity (Wildman–Crippen MR) is 88.9 cm³/mol. The van der Waals surface area contributed by atoms with E-state index < -0.39 is 0 Å². The van der Waals surface area contributed by atoms with Crippen molar-refractivity contribution in [2.45, 2.75) is 0 Å². The van der Waals surface area contributed by atoms with Crippen molar-refractivity contribution in [2.24, 2.45) is 5.10 Å². The second kappa shape index (κ2) is 7.07. The molecule has 2 aromatic carbocycles. The van der Waals surface area contributed by atoms with Crippen LogP contribution in [-0.2, 0) is 0 Å². The summed E-state index contributed by atoms with van der Waals surface area (Å²) in [5, 5.41) is 13.4. The summed E-state index contributed by atoms with van der Waals surface area (Å²) in [5.74, 6) is 0.488. The van der Waals surface area contributed by atoms with Gasteiger partial charge in [0.05, 0.1) is 16.9 Å². The van der Waals surface area contributed by atoms with Gasteiger partial charge < -0.3 is 9.84 Å². The molecule has 2 aromatic rings. The largest absolute Gasteiger partial charge is 0.507 e. The van der Waals surface area contributed by atoms with Gasteiger partial charge in [0, 0.05) is 11.1 Å². The number of hydrogen-bond donors (Lipinski definition) is 2. The molecule has 0 aliphatic carbocycles. The third kappa shape index (κ3) is 3.94. The summed E-state index contributed by atoms with van der Waals surface area (Å²) < 4.78 is 5.98. The second-order valence-corrected chi connectivity index (χ2v) is 5.27. The van der Waals surface area contributed by atoms with E-state index in [4.69, 9.17) is 4.74 Å². The van der Waals surface area contributed by atoms with E-state index in [1.165, 1.54) is 6.21 Å². The molecule has 6 heteroatoms. The summed E-state index contributed by atoms with van der Waals surface area (Å²) in [7, 11) is 1.58. The number of phenols is 1. The smallest absolute Gasteiger partial charge is 0.271 e. The molecule has 0 atom stereocenters. The molecular formula is C15H13IN2O3. The van der Waals surface area contributed by atoms with E-state index >= 15 is 0 Å². The molecule has 0 unspecified atom stereocenters. The predicted octanol–water partition coefficient (Wildman–Crippen LogP) is 2.77. The van der Waals surface area contributed by atoms with E-state index in [2.05, 4.69) is 33.1 Å². The Morgan fingerprint density at radius 3 is 2.76 bits per heavy atom. The standard InChI is InChI=1S/C15H13IN2O3/c1-21-14-7-6-10(8-12(14)16)15(20)18-17-9-11-4-2-3-5-13(11)19/h2-9,19H,1H3,(H,18,20)/b17-9+. The molecular weight excluding hydrogens is 383 g/mol. The van der Waals surface area contributed by atoms with Crippen molar-refractivity contribution in [3.8, 4) is 11.5 Å². The Hall–Kier alpha value is -2.09. The third-order valence-corrected chi connectivity index (χ3v) is 3.56. The van der Waals surface area contributed by atoms with Crippen LogP contribution in [0.5, 0.6) is 11.5 Å². The van der Waals surface area contributed by atoms with Crippen LogP contribution in [0, 0.1) is 3.57 Å². The maximum Gasteiger partial charge on any atom is 0.271 e. The number of benzene rings is 2. The molecule has 2 N–H and O–H groups in total. The number of carbonyl (C=O) groups is 1. The SMILES string of the molecule is COc1ccc(C(=O)N/N=C/c2ccccc2O)cc1I. The molecule has 0 heterocycles. The van der Waals surface area contributed by atoms with Crippen molar-refractivity contribution in [3.05, 3.63) is 57.2 Å². The van der Waals surface area contributed by atoms with Crippen LogP contribution in [0.2, 0.25) is 0 Å². The normalized spacial score (nSPS) is 10.6. The van der Waals surface area contributed by atoms with Gasteiger partial charge in [-0.25, -0.2) is 5.43 Å². The number of nitrogens with zero attached hydrogens (tertiary/aromatic N) is 1. The quantitative estimate of drug-likeness (QED) is 0.475. The molecule has 0 saturated carbocycles. The van der Waals surface area contributed by atoms with Gasteiger partial charge in [-0.15, -0.1) is 0 Å². The Labute approximate surface area is 135 Å². The van der Waals surface area contributed by atoms with Crippen LogP contribution < -0.4 is 10.2 Å². The van der Waals surface area contributed by atoms with Crippen molar-refractivity contribution in [3.63, 3.8) is 0 Å². The van der Waals surface area contributed by atoms with E-state index in [-0.39, 0.29) is 11.7 Å². The molecule has 0 spiro atoms. The van der Waals surface area contributed by atoms with Gasteiger partial charge in [0.2, 0.25) is 0 Å². The number of aromatic hydroxyl groups is 1. The first-order chi connectivity index (χ1) is 10.1. The van der Waals surface area contributed by atoms with E-state index in [9.17, 15) is 9.90 Å². The van der Waals surface area contributed by atoms with Crippen LogP contribution in [0.3, 0.4) is 0 Å². The zero-order valence-corrected chi connectivity index (χ0v) is 13.4. The number of carbonyl (C=O) groups excluding carboxylic acids is 1.